The summed E-state index contributed by atoms with van der Waals surface area (Å²) in [6, 6.07) is 7.48. The molecular weight excluding hydrogens is 291 g/mol. The molecule has 0 aliphatic heterocycles. The summed E-state index contributed by atoms with van der Waals surface area (Å²) in [7, 11) is 0. The topological polar surface area (TPSA) is 42.9 Å². The number of nitrogens with zero attached hydrogens (tertiary/aromatic N) is 2. The lowest BCUT2D eigenvalue weighted by atomic mass is 10.1. The molecule has 0 unspecified atom stereocenters. The number of hydrogen-bond acceptors (Lipinski definition) is 3. The molecular formula is C11H6BrClN2O. The second-order valence-electron chi connectivity index (χ2n) is 3.02. The lowest BCUT2D eigenvalue weighted by Gasteiger charge is -2.06. The van der Waals surface area contributed by atoms with E-state index in [2.05, 4.69) is 25.9 Å². The fourth-order valence-corrected chi connectivity index (χ4v) is 2.00. The number of hydrogen-bond donors (Lipinski definition) is 0. The van der Waals surface area contributed by atoms with Gasteiger partial charge in [0.1, 0.15) is 11.5 Å². The maximum absolute atomic E-state index is 11.0. The summed E-state index contributed by atoms with van der Waals surface area (Å²) in [6.45, 7) is 0. The Morgan fingerprint density at radius 2 is 2.00 bits per heavy atom. The van der Waals surface area contributed by atoms with Gasteiger partial charge in [0.2, 0.25) is 0 Å². The number of carbonyl (C=O) groups excluding carboxylic acids is 1. The first kappa shape index (κ1) is 11.2. The van der Waals surface area contributed by atoms with Crippen molar-refractivity contribution >= 4 is 33.8 Å². The molecule has 1 aromatic carbocycles. The standard InChI is InChI=1S/C11H6BrClN2O/c12-9-4-2-1-3-7(9)10-8(5-16)11(13)15-6-14-10/h1-6H. The average Bonchev–Trinajstić information content (AvgIpc) is 2.29. The average molecular weight is 298 g/mol. The van der Waals surface area contributed by atoms with E-state index in [4.69, 9.17) is 11.6 Å². The molecule has 0 atom stereocenters. The highest BCUT2D eigenvalue weighted by molar-refractivity contribution is 9.10. The molecule has 2 aromatic rings. The fourth-order valence-electron chi connectivity index (χ4n) is 1.35. The van der Waals surface area contributed by atoms with Crippen LogP contribution >= 0.6 is 27.5 Å². The lowest BCUT2D eigenvalue weighted by molar-refractivity contribution is 0.112. The first-order chi connectivity index (χ1) is 7.74. The van der Waals surface area contributed by atoms with Gasteiger partial charge in [0.05, 0.1) is 11.3 Å². The molecule has 0 radical (unpaired) electrons. The lowest BCUT2D eigenvalue weighted by Crippen LogP contribution is -1.95. The van der Waals surface area contributed by atoms with Crippen molar-refractivity contribution in [1.82, 2.24) is 9.97 Å². The van der Waals surface area contributed by atoms with Crippen LogP contribution in [-0.2, 0) is 0 Å². The van der Waals surface area contributed by atoms with Crippen molar-refractivity contribution in [3.05, 3.63) is 45.8 Å². The van der Waals surface area contributed by atoms with Crippen molar-refractivity contribution in [2.75, 3.05) is 0 Å². The smallest absolute Gasteiger partial charge is 0.155 e. The van der Waals surface area contributed by atoms with Crippen molar-refractivity contribution in [1.29, 1.82) is 0 Å². The minimum absolute atomic E-state index is 0.163. The van der Waals surface area contributed by atoms with Gasteiger partial charge in [0.25, 0.3) is 0 Å². The summed E-state index contributed by atoms with van der Waals surface area (Å²) in [4.78, 5) is 18.8. The Morgan fingerprint density at radius 1 is 1.25 bits per heavy atom. The Balaban J connectivity index is 2.69. The minimum atomic E-state index is 0.163. The van der Waals surface area contributed by atoms with Crippen LogP contribution < -0.4 is 0 Å². The van der Waals surface area contributed by atoms with E-state index in [0.29, 0.717) is 17.5 Å². The van der Waals surface area contributed by atoms with E-state index in [1.54, 1.807) is 0 Å². The zero-order chi connectivity index (χ0) is 11.5. The van der Waals surface area contributed by atoms with Crippen molar-refractivity contribution in [3.8, 4) is 11.3 Å². The Kier molecular flexibility index (Phi) is 3.31. The number of carbonyl (C=O) groups is 1. The molecule has 1 heterocycles. The monoisotopic (exact) mass is 296 g/mol. The minimum Gasteiger partial charge on any atom is -0.298 e. The molecule has 0 bridgehead atoms. The van der Waals surface area contributed by atoms with Crippen LogP contribution in [0.5, 0.6) is 0 Å². The molecule has 0 aliphatic carbocycles. The zero-order valence-electron chi connectivity index (χ0n) is 8.02. The molecule has 0 saturated carbocycles. The molecule has 1 aromatic heterocycles. The Hall–Kier alpha value is -1.26. The Morgan fingerprint density at radius 3 is 2.69 bits per heavy atom. The van der Waals surface area contributed by atoms with Crippen LogP contribution in [-0.4, -0.2) is 16.3 Å². The van der Waals surface area contributed by atoms with Crippen molar-refractivity contribution in [2.45, 2.75) is 0 Å². The van der Waals surface area contributed by atoms with E-state index in [-0.39, 0.29) is 5.15 Å². The molecule has 3 nitrogen and oxygen atoms in total. The first-order valence-electron chi connectivity index (χ1n) is 4.44. The van der Waals surface area contributed by atoms with Gasteiger partial charge in [0, 0.05) is 10.0 Å². The van der Waals surface area contributed by atoms with E-state index < -0.39 is 0 Å². The second-order valence-corrected chi connectivity index (χ2v) is 4.24. The molecule has 0 saturated heterocycles. The van der Waals surface area contributed by atoms with Crippen LogP contribution in [0.25, 0.3) is 11.3 Å². The van der Waals surface area contributed by atoms with Crippen LogP contribution in [0, 0.1) is 0 Å². The van der Waals surface area contributed by atoms with E-state index in [0.717, 1.165) is 10.0 Å². The van der Waals surface area contributed by atoms with Crippen LogP contribution in [0.1, 0.15) is 10.4 Å². The summed E-state index contributed by atoms with van der Waals surface area (Å²) >= 11 is 9.24. The van der Waals surface area contributed by atoms with Gasteiger partial charge in [0.15, 0.2) is 6.29 Å². The van der Waals surface area contributed by atoms with Gasteiger partial charge in [-0.15, -0.1) is 0 Å². The number of aldehydes is 1. The predicted octanol–water partition coefficient (Wildman–Crippen LogP) is 3.37. The summed E-state index contributed by atoms with van der Waals surface area (Å²) in [6.07, 6.45) is 2.00. The Bertz CT molecular complexity index is 545. The quantitative estimate of drug-likeness (QED) is 0.630. The largest absolute Gasteiger partial charge is 0.298 e. The van der Waals surface area contributed by atoms with Crippen LogP contribution in [0.4, 0.5) is 0 Å². The normalized spacial score (nSPS) is 10.1. The molecule has 80 valence electrons. The van der Waals surface area contributed by atoms with E-state index >= 15 is 0 Å². The summed E-state index contributed by atoms with van der Waals surface area (Å²) in [5.41, 5.74) is 1.65. The van der Waals surface area contributed by atoms with Gasteiger partial charge in [-0.3, -0.25) is 4.79 Å². The molecule has 0 spiro atoms. The SMILES string of the molecule is O=Cc1c(Cl)ncnc1-c1ccccc1Br. The van der Waals surface area contributed by atoms with E-state index in [1.165, 1.54) is 6.33 Å². The van der Waals surface area contributed by atoms with Crippen LogP contribution in [0.3, 0.4) is 0 Å². The molecule has 2 rings (SSSR count). The van der Waals surface area contributed by atoms with Gasteiger partial charge >= 0.3 is 0 Å². The summed E-state index contributed by atoms with van der Waals surface area (Å²) < 4.78 is 0.855. The molecule has 16 heavy (non-hydrogen) atoms. The first-order valence-corrected chi connectivity index (χ1v) is 5.61. The molecule has 5 heteroatoms. The van der Waals surface area contributed by atoms with Crippen molar-refractivity contribution < 1.29 is 4.79 Å². The highest BCUT2D eigenvalue weighted by atomic mass is 79.9. The third-order valence-electron chi connectivity index (χ3n) is 2.08. The summed E-state index contributed by atoms with van der Waals surface area (Å²) in [5, 5.41) is 0.163. The number of rotatable bonds is 2. The summed E-state index contributed by atoms with van der Waals surface area (Å²) in [5.74, 6) is 0. The van der Waals surface area contributed by atoms with Gasteiger partial charge in [-0.2, -0.15) is 0 Å². The predicted molar refractivity (Wildman–Crippen MR) is 65.6 cm³/mol. The van der Waals surface area contributed by atoms with E-state index in [9.17, 15) is 4.79 Å². The highest BCUT2D eigenvalue weighted by Gasteiger charge is 2.12. The van der Waals surface area contributed by atoms with Crippen molar-refractivity contribution in [2.24, 2.45) is 0 Å². The molecule has 0 amide bonds. The Labute approximate surface area is 106 Å². The van der Waals surface area contributed by atoms with Crippen LogP contribution in [0.15, 0.2) is 35.1 Å². The number of benzene rings is 1. The zero-order valence-corrected chi connectivity index (χ0v) is 10.4. The van der Waals surface area contributed by atoms with Gasteiger partial charge in [-0.05, 0) is 6.07 Å². The van der Waals surface area contributed by atoms with Gasteiger partial charge in [-0.25, -0.2) is 9.97 Å². The third-order valence-corrected chi connectivity index (χ3v) is 3.07. The number of halogens is 2. The maximum Gasteiger partial charge on any atom is 0.155 e. The van der Waals surface area contributed by atoms with Gasteiger partial charge in [-0.1, -0.05) is 45.7 Å². The molecule has 0 aliphatic rings. The third kappa shape index (κ3) is 1.99. The fraction of sp³-hybridized carbons (Fsp3) is 0. The van der Waals surface area contributed by atoms with Crippen molar-refractivity contribution in [3.63, 3.8) is 0 Å². The number of aromatic nitrogens is 2. The molecule has 0 N–H and O–H groups in total. The van der Waals surface area contributed by atoms with Crippen LogP contribution in [0.2, 0.25) is 5.15 Å². The second kappa shape index (κ2) is 4.72. The maximum atomic E-state index is 11.0. The highest BCUT2D eigenvalue weighted by Crippen LogP contribution is 2.29. The van der Waals surface area contributed by atoms with Gasteiger partial charge < -0.3 is 0 Å². The molecule has 0 fully saturated rings. The van der Waals surface area contributed by atoms with E-state index in [1.807, 2.05) is 24.3 Å².